The molecule has 0 radical (unpaired) electrons. The molecule has 1 amide bonds. The topological polar surface area (TPSA) is 97.6 Å². The molecule has 2 N–H and O–H groups in total. The largest absolute Gasteiger partial charge is 0.467 e. The van der Waals surface area contributed by atoms with Gasteiger partial charge in [0.25, 0.3) is 15.9 Å². The van der Waals surface area contributed by atoms with Crippen molar-refractivity contribution in [3.63, 3.8) is 0 Å². The summed E-state index contributed by atoms with van der Waals surface area (Å²) in [4.78, 5) is 12.5. The molecular weight excluding hydrogens is 416 g/mol. The van der Waals surface area contributed by atoms with Crippen molar-refractivity contribution in [1.82, 2.24) is 5.32 Å². The van der Waals surface area contributed by atoms with Gasteiger partial charge in [-0.2, -0.15) is 0 Å². The SMILES string of the molecule is Cc1ccc(C)c(S(=O)(=O)Nc2ccc(C(=O)NCCCOCc3ccco3)cc2)c1. The van der Waals surface area contributed by atoms with Gasteiger partial charge in [0.1, 0.15) is 12.4 Å². The number of ether oxygens (including phenoxy) is 1. The molecule has 0 atom stereocenters. The molecular formula is C23H26N2O5S. The lowest BCUT2D eigenvalue weighted by Gasteiger charge is -2.12. The zero-order valence-electron chi connectivity index (χ0n) is 17.6. The van der Waals surface area contributed by atoms with Crippen molar-refractivity contribution in [2.75, 3.05) is 17.9 Å². The molecule has 0 unspecified atom stereocenters. The normalized spacial score (nSPS) is 11.3. The van der Waals surface area contributed by atoms with Crippen molar-refractivity contribution in [3.05, 3.63) is 83.3 Å². The molecule has 3 aromatic rings. The second-order valence-electron chi connectivity index (χ2n) is 7.19. The molecule has 0 spiro atoms. The number of amides is 1. The fourth-order valence-electron chi connectivity index (χ4n) is 2.94. The zero-order chi connectivity index (χ0) is 22.3. The monoisotopic (exact) mass is 442 g/mol. The van der Waals surface area contributed by atoms with Crippen LogP contribution in [-0.2, 0) is 21.4 Å². The number of hydrogen-bond acceptors (Lipinski definition) is 5. The molecule has 0 aliphatic heterocycles. The number of carbonyl (C=O) groups excluding carboxylic acids is 1. The Morgan fingerprint density at radius 1 is 1.06 bits per heavy atom. The molecule has 1 aromatic heterocycles. The van der Waals surface area contributed by atoms with Crippen LogP contribution < -0.4 is 10.0 Å². The number of rotatable bonds is 10. The minimum absolute atomic E-state index is 0.227. The van der Waals surface area contributed by atoms with Gasteiger partial charge in [-0.25, -0.2) is 8.42 Å². The molecule has 164 valence electrons. The second-order valence-corrected chi connectivity index (χ2v) is 8.84. The van der Waals surface area contributed by atoms with E-state index in [2.05, 4.69) is 10.0 Å². The molecule has 0 aliphatic rings. The lowest BCUT2D eigenvalue weighted by molar-refractivity contribution is 0.0917. The number of nitrogens with one attached hydrogen (secondary N) is 2. The minimum Gasteiger partial charge on any atom is -0.467 e. The third-order valence-electron chi connectivity index (χ3n) is 4.61. The van der Waals surface area contributed by atoms with Crippen molar-refractivity contribution in [1.29, 1.82) is 0 Å². The summed E-state index contributed by atoms with van der Waals surface area (Å²) in [7, 11) is -3.71. The summed E-state index contributed by atoms with van der Waals surface area (Å²) in [5.74, 6) is 0.535. The lowest BCUT2D eigenvalue weighted by Crippen LogP contribution is -2.25. The average Bonchev–Trinajstić information content (AvgIpc) is 3.26. The highest BCUT2D eigenvalue weighted by molar-refractivity contribution is 7.92. The van der Waals surface area contributed by atoms with Gasteiger partial charge in [-0.3, -0.25) is 9.52 Å². The summed E-state index contributed by atoms with van der Waals surface area (Å²) in [6.07, 6.45) is 2.26. The van der Waals surface area contributed by atoms with E-state index in [-0.39, 0.29) is 10.8 Å². The van der Waals surface area contributed by atoms with Gasteiger partial charge in [0.15, 0.2) is 0 Å². The molecule has 0 saturated heterocycles. The second kappa shape index (κ2) is 10.3. The van der Waals surface area contributed by atoms with E-state index in [1.54, 1.807) is 55.7 Å². The van der Waals surface area contributed by atoms with Crippen LogP contribution in [0.15, 0.2) is 70.2 Å². The summed E-state index contributed by atoms with van der Waals surface area (Å²) in [5, 5.41) is 2.82. The predicted molar refractivity (Wildman–Crippen MR) is 118 cm³/mol. The first-order chi connectivity index (χ1) is 14.8. The quantitative estimate of drug-likeness (QED) is 0.462. The molecule has 0 fully saturated rings. The van der Waals surface area contributed by atoms with Crippen LogP contribution in [0.25, 0.3) is 0 Å². The van der Waals surface area contributed by atoms with Crippen LogP contribution >= 0.6 is 0 Å². The Balaban J connectivity index is 1.47. The molecule has 7 nitrogen and oxygen atoms in total. The maximum absolute atomic E-state index is 12.7. The van der Waals surface area contributed by atoms with Crippen LogP contribution in [0, 0.1) is 13.8 Å². The van der Waals surface area contributed by atoms with Gasteiger partial charge < -0.3 is 14.5 Å². The Morgan fingerprint density at radius 2 is 1.84 bits per heavy atom. The summed E-state index contributed by atoms with van der Waals surface area (Å²) in [5.41, 5.74) is 2.38. The highest BCUT2D eigenvalue weighted by Crippen LogP contribution is 2.21. The van der Waals surface area contributed by atoms with Crippen molar-refractivity contribution in [2.24, 2.45) is 0 Å². The number of anilines is 1. The van der Waals surface area contributed by atoms with Gasteiger partial charge in [-0.1, -0.05) is 12.1 Å². The molecule has 0 saturated carbocycles. The van der Waals surface area contributed by atoms with Gasteiger partial charge in [0.2, 0.25) is 0 Å². The minimum atomic E-state index is -3.71. The fourth-order valence-corrected chi connectivity index (χ4v) is 4.33. The molecule has 3 rings (SSSR count). The third kappa shape index (κ3) is 6.44. The van der Waals surface area contributed by atoms with Crippen LogP contribution in [0.4, 0.5) is 5.69 Å². The van der Waals surface area contributed by atoms with E-state index in [1.165, 1.54) is 0 Å². The Bertz CT molecular complexity index is 1110. The van der Waals surface area contributed by atoms with E-state index >= 15 is 0 Å². The zero-order valence-corrected chi connectivity index (χ0v) is 18.4. The first-order valence-electron chi connectivity index (χ1n) is 9.93. The number of carbonyl (C=O) groups is 1. The van der Waals surface area contributed by atoms with Gasteiger partial charge in [-0.15, -0.1) is 0 Å². The van der Waals surface area contributed by atoms with Crippen molar-refractivity contribution in [3.8, 4) is 0 Å². The summed E-state index contributed by atoms with van der Waals surface area (Å²) in [6, 6.07) is 15.2. The first-order valence-corrected chi connectivity index (χ1v) is 11.4. The van der Waals surface area contributed by atoms with Gasteiger partial charge >= 0.3 is 0 Å². The predicted octanol–water partition coefficient (Wildman–Crippen LogP) is 4.03. The fraction of sp³-hybridized carbons (Fsp3) is 0.261. The molecule has 0 aliphatic carbocycles. The number of furan rings is 1. The van der Waals surface area contributed by atoms with Gasteiger partial charge in [0.05, 0.1) is 11.2 Å². The molecule has 8 heteroatoms. The molecule has 0 bridgehead atoms. The van der Waals surface area contributed by atoms with Crippen LogP contribution in [0.5, 0.6) is 0 Å². The van der Waals surface area contributed by atoms with E-state index in [0.29, 0.717) is 43.0 Å². The summed E-state index contributed by atoms with van der Waals surface area (Å²) >= 11 is 0. The highest BCUT2D eigenvalue weighted by Gasteiger charge is 2.17. The van der Waals surface area contributed by atoms with Crippen molar-refractivity contribution < 1.29 is 22.4 Å². The van der Waals surface area contributed by atoms with E-state index in [1.807, 2.05) is 19.1 Å². The number of hydrogen-bond donors (Lipinski definition) is 2. The molecule has 31 heavy (non-hydrogen) atoms. The number of sulfonamides is 1. The molecule has 1 heterocycles. The Morgan fingerprint density at radius 3 is 2.55 bits per heavy atom. The maximum atomic E-state index is 12.7. The Hall–Kier alpha value is -3.10. The van der Waals surface area contributed by atoms with Crippen molar-refractivity contribution in [2.45, 2.75) is 31.8 Å². The van der Waals surface area contributed by atoms with Crippen LogP contribution in [0.3, 0.4) is 0 Å². The van der Waals surface area contributed by atoms with E-state index in [0.717, 1.165) is 11.3 Å². The third-order valence-corrected chi connectivity index (χ3v) is 6.13. The van der Waals surface area contributed by atoms with Crippen LogP contribution in [0.2, 0.25) is 0 Å². The van der Waals surface area contributed by atoms with Crippen LogP contribution in [0.1, 0.15) is 33.7 Å². The standard InChI is InChI=1S/C23H26N2O5S/c1-17-6-7-18(2)22(15-17)31(27,28)25-20-10-8-19(9-11-20)23(26)24-12-4-13-29-16-21-5-3-14-30-21/h3,5-11,14-15,25H,4,12-13,16H2,1-2H3,(H,24,26). The van der Waals surface area contributed by atoms with Crippen LogP contribution in [-0.4, -0.2) is 27.5 Å². The van der Waals surface area contributed by atoms with Crippen molar-refractivity contribution >= 4 is 21.6 Å². The van der Waals surface area contributed by atoms with E-state index < -0.39 is 10.0 Å². The Kier molecular flexibility index (Phi) is 7.49. The highest BCUT2D eigenvalue weighted by atomic mass is 32.2. The molecule has 2 aromatic carbocycles. The van der Waals surface area contributed by atoms with E-state index in [9.17, 15) is 13.2 Å². The summed E-state index contributed by atoms with van der Waals surface area (Å²) < 4.78 is 38.6. The van der Waals surface area contributed by atoms with Gasteiger partial charge in [-0.05, 0) is 73.9 Å². The van der Waals surface area contributed by atoms with E-state index in [4.69, 9.17) is 9.15 Å². The Labute approximate surface area is 182 Å². The summed E-state index contributed by atoms with van der Waals surface area (Å²) in [6.45, 7) is 4.97. The smallest absolute Gasteiger partial charge is 0.262 e. The maximum Gasteiger partial charge on any atom is 0.262 e. The number of benzene rings is 2. The number of aryl methyl sites for hydroxylation is 2. The average molecular weight is 443 g/mol. The lowest BCUT2D eigenvalue weighted by atomic mass is 10.2. The first kappa shape index (κ1) is 22.6. The van der Waals surface area contributed by atoms with Gasteiger partial charge in [0, 0.05) is 24.4 Å².